The molecule has 0 amide bonds. The minimum atomic E-state index is 0.240. The highest BCUT2D eigenvalue weighted by molar-refractivity contribution is 5.29. The second kappa shape index (κ2) is 6.35. The van der Waals surface area contributed by atoms with Crippen molar-refractivity contribution in [1.29, 1.82) is 0 Å². The first-order valence-electron chi connectivity index (χ1n) is 7.10. The SMILES string of the molecule is CCC(OC)C(NC)c1ccc(C2CCC2)cc1. The maximum Gasteiger partial charge on any atom is 0.0763 e. The minimum absolute atomic E-state index is 0.240. The number of ether oxygens (including phenoxy) is 1. The van der Waals surface area contributed by atoms with Crippen molar-refractivity contribution in [3.8, 4) is 0 Å². The van der Waals surface area contributed by atoms with Crippen LogP contribution in [0.4, 0.5) is 0 Å². The Morgan fingerprint density at radius 3 is 2.33 bits per heavy atom. The van der Waals surface area contributed by atoms with Crippen LogP contribution in [0.5, 0.6) is 0 Å². The number of methoxy groups -OCH3 is 1. The van der Waals surface area contributed by atoms with E-state index in [4.69, 9.17) is 4.74 Å². The molecule has 1 saturated carbocycles. The third kappa shape index (κ3) is 2.76. The number of hydrogen-bond donors (Lipinski definition) is 1. The Hall–Kier alpha value is -0.860. The minimum Gasteiger partial charge on any atom is -0.379 e. The highest BCUT2D eigenvalue weighted by Gasteiger charge is 2.22. The second-order valence-electron chi connectivity index (χ2n) is 5.24. The molecule has 0 saturated heterocycles. The Kier molecular flexibility index (Phi) is 4.79. The lowest BCUT2D eigenvalue weighted by Crippen LogP contribution is -2.30. The summed E-state index contributed by atoms with van der Waals surface area (Å²) in [4.78, 5) is 0. The van der Waals surface area contributed by atoms with E-state index in [2.05, 4.69) is 36.5 Å². The van der Waals surface area contributed by atoms with Crippen LogP contribution in [0.3, 0.4) is 0 Å². The van der Waals surface area contributed by atoms with Crippen LogP contribution in [0, 0.1) is 0 Å². The largest absolute Gasteiger partial charge is 0.379 e. The van der Waals surface area contributed by atoms with Gasteiger partial charge in [-0.05, 0) is 43.4 Å². The van der Waals surface area contributed by atoms with Crippen LogP contribution in [-0.2, 0) is 4.74 Å². The maximum absolute atomic E-state index is 5.55. The van der Waals surface area contributed by atoms with Crippen LogP contribution in [0.15, 0.2) is 24.3 Å². The zero-order valence-electron chi connectivity index (χ0n) is 11.8. The molecule has 2 atom stereocenters. The summed E-state index contributed by atoms with van der Waals surface area (Å²) < 4.78 is 5.55. The normalized spacial score (nSPS) is 19.3. The molecular weight excluding hydrogens is 222 g/mol. The van der Waals surface area contributed by atoms with E-state index in [0.29, 0.717) is 0 Å². The van der Waals surface area contributed by atoms with Crippen LogP contribution in [-0.4, -0.2) is 20.3 Å². The van der Waals surface area contributed by atoms with E-state index < -0.39 is 0 Å². The van der Waals surface area contributed by atoms with E-state index in [9.17, 15) is 0 Å². The standard InChI is InChI=1S/C16H25NO/c1-4-15(18-3)16(17-2)14-10-8-13(9-11-14)12-6-5-7-12/h8-12,15-17H,4-7H2,1-3H3. The summed E-state index contributed by atoms with van der Waals surface area (Å²) in [5.74, 6) is 0.816. The molecule has 0 bridgehead atoms. The first kappa shape index (κ1) is 13.6. The van der Waals surface area contributed by atoms with Gasteiger partial charge in [0.25, 0.3) is 0 Å². The van der Waals surface area contributed by atoms with Gasteiger partial charge in [-0.1, -0.05) is 37.6 Å². The Balaban J connectivity index is 2.10. The van der Waals surface area contributed by atoms with E-state index in [0.717, 1.165) is 12.3 Å². The average molecular weight is 247 g/mol. The molecule has 1 aliphatic carbocycles. The fourth-order valence-corrected chi connectivity index (χ4v) is 2.82. The van der Waals surface area contributed by atoms with Gasteiger partial charge in [-0.15, -0.1) is 0 Å². The number of rotatable bonds is 6. The molecule has 1 N–H and O–H groups in total. The van der Waals surface area contributed by atoms with Crippen molar-refractivity contribution in [3.05, 3.63) is 35.4 Å². The van der Waals surface area contributed by atoms with E-state index in [1.165, 1.54) is 30.4 Å². The van der Waals surface area contributed by atoms with Crippen LogP contribution in [0.1, 0.15) is 55.7 Å². The lowest BCUT2D eigenvalue weighted by Gasteiger charge is -2.28. The molecule has 2 nitrogen and oxygen atoms in total. The molecule has 1 fully saturated rings. The summed E-state index contributed by atoms with van der Waals surface area (Å²) in [7, 11) is 3.80. The van der Waals surface area contributed by atoms with Crippen molar-refractivity contribution in [1.82, 2.24) is 5.32 Å². The van der Waals surface area contributed by atoms with Gasteiger partial charge in [0.15, 0.2) is 0 Å². The molecule has 2 unspecified atom stereocenters. The molecule has 18 heavy (non-hydrogen) atoms. The van der Waals surface area contributed by atoms with Crippen molar-refractivity contribution >= 4 is 0 Å². The first-order chi connectivity index (χ1) is 8.80. The summed E-state index contributed by atoms with van der Waals surface area (Å²) in [6, 6.07) is 9.40. The molecule has 0 spiro atoms. The number of benzene rings is 1. The van der Waals surface area contributed by atoms with Crippen LogP contribution >= 0.6 is 0 Å². The molecule has 2 rings (SSSR count). The fraction of sp³-hybridized carbons (Fsp3) is 0.625. The van der Waals surface area contributed by atoms with Crippen LogP contribution in [0.25, 0.3) is 0 Å². The first-order valence-corrected chi connectivity index (χ1v) is 7.10. The predicted molar refractivity (Wildman–Crippen MR) is 75.9 cm³/mol. The summed E-state index contributed by atoms with van der Waals surface area (Å²) in [6.07, 6.45) is 5.39. The van der Waals surface area contributed by atoms with Crippen molar-refractivity contribution in [2.45, 2.75) is 50.7 Å². The maximum atomic E-state index is 5.55. The number of hydrogen-bond acceptors (Lipinski definition) is 2. The number of nitrogens with one attached hydrogen (secondary N) is 1. The molecular formula is C16H25NO. The van der Waals surface area contributed by atoms with Gasteiger partial charge in [0, 0.05) is 7.11 Å². The van der Waals surface area contributed by atoms with Gasteiger partial charge >= 0.3 is 0 Å². The van der Waals surface area contributed by atoms with Gasteiger partial charge in [0.05, 0.1) is 12.1 Å². The summed E-state index contributed by atoms with van der Waals surface area (Å²) in [6.45, 7) is 2.17. The Bertz CT molecular complexity index is 352. The smallest absolute Gasteiger partial charge is 0.0763 e. The van der Waals surface area contributed by atoms with Gasteiger partial charge in [-0.3, -0.25) is 0 Å². The second-order valence-corrected chi connectivity index (χ2v) is 5.24. The highest BCUT2D eigenvalue weighted by Crippen LogP contribution is 2.36. The zero-order valence-corrected chi connectivity index (χ0v) is 11.8. The lowest BCUT2D eigenvalue weighted by molar-refractivity contribution is 0.0675. The summed E-state index contributed by atoms with van der Waals surface area (Å²) in [5.41, 5.74) is 2.83. The monoisotopic (exact) mass is 247 g/mol. The molecule has 0 aliphatic heterocycles. The van der Waals surface area contributed by atoms with E-state index in [1.54, 1.807) is 7.11 Å². The topological polar surface area (TPSA) is 21.3 Å². The zero-order chi connectivity index (χ0) is 13.0. The third-order valence-corrected chi connectivity index (χ3v) is 4.26. The van der Waals surface area contributed by atoms with E-state index >= 15 is 0 Å². The average Bonchev–Trinajstić information content (AvgIpc) is 2.35. The van der Waals surface area contributed by atoms with Gasteiger partial charge in [0.2, 0.25) is 0 Å². The molecule has 2 heteroatoms. The Morgan fingerprint density at radius 1 is 1.28 bits per heavy atom. The predicted octanol–water partition coefficient (Wildman–Crippen LogP) is 3.64. The molecule has 1 aliphatic rings. The Labute approximate surface area is 111 Å². The van der Waals surface area contributed by atoms with Crippen molar-refractivity contribution in [2.24, 2.45) is 0 Å². The third-order valence-electron chi connectivity index (χ3n) is 4.26. The van der Waals surface area contributed by atoms with E-state index in [-0.39, 0.29) is 12.1 Å². The molecule has 0 heterocycles. The van der Waals surface area contributed by atoms with Gasteiger partial charge in [-0.25, -0.2) is 0 Å². The molecule has 0 radical (unpaired) electrons. The van der Waals surface area contributed by atoms with Crippen molar-refractivity contribution in [2.75, 3.05) is 14.2 Å². The molecule has 0 aromatic heterocycles. The summed E-state index contributed by atoms with van der Waals surface area (Å²) >= 11 is 0. The van der Waals surface area contributed by atoms with Crippen molar-refractivity contribution in [3.63, 3.8) is 0 Å². The molecule has 100 valence electrons. The van der Waals surface area contributed by atoms with Crippen molar-refractivity contribution < 1.29 is 4.74 Å². The molecule has 1 aromatic carbocycles. The lowest BCUT2D eigenvalue weighted by atomic mass is 9.79. The summed E-state index contributed by atoms with van der Waals surface area (Å²) in [5, 5.41) is 3.37. The quantitative estimate of drug-likeness (QED) is 0.828. The van der Waals surface area contributed by atoms with E-state index in [1.807, 2.05) is 7.05 Å². The molecule has 1 aromatic rings. The number of likely N-dealkylation sites (N-methyl/N-ethyl adjacent to an activating group) is 1. The Morgan fingerprint density at radius 2 is 1.94 bits per heavy atom. The van der Waals surface area contributed by atoms with Gasteiger partial charge in [0.1, 0.15) is 0 Å². The van der Waals surface area contributed by atoms with Crippen LogP contribution in [0.2, 0.25) is 0 Å². The highest BCUT2D eigenvalue weighted by atomic mass is 16.5. The van der Waals surface area contributed by atoms with Crippen LogP contribution < -0.4 is 5.32 Å². The van der Waals surface area contributed by atoms with Gasteiger partial charge in [-0.2, -0.15) is 0 Å². The van der Waals surface area contributed by atoms with Gasteiger partial charge < -0.3 is 10.1 Å². The fourth-order valence-electron chi connectivity index (χ4n) is 2.82.